The highest BCUT2D eigenvalue weighted by Gasteiger charge is 2.04. The molecule has 2 heterocycles. The lowest BCUT2D eigenvalue weighted by molar-refractivity contribution is 1.18. The van der Waals surface area contributed by atoms with Crippen molar-refractivity contribution in [1.82, 2.24) is 9.97 Å². The molecule has 0 saturated heterocycles. The smallest absolute Gasteiger partial charge is 0.268 e. The zero-order chi connectivity index (χ0) is 7.84. The molecule has 0 aliphatic heterocycles. The Kier molecular flexibility index (Phi) is 1.54. The zero-order valence-corrected chi connectivity index (χ0v) is 7.70. The van der Waals surface area contributed by atoms with Crippen molar-refractivity contribution >= 4 is 37.5 Å². The van der Waals surface area contributed by atoms with E-state index in [9.17, 15) is 4.79 Å². The number of fused-ring (bicyclic) bond motifs is 1. The van der Waals surface area contributed by atoms with Gasteiger partial charge in [-0.25, -0.2) is 4.98 Å². The van der Waals surface area contributed by atoms with Crippen LogP contribution in [0.3, 0.4) is 0 Å². The van der Waals surface area contributed by atoms with Crippen LogP contribution in [0.5, 0.6) is 0 Å². The number of aromatic nitrogens is 2. The fraction of sp³-hybridized carbons (Fsp3) is 0. The molecule has 0 unspecified atom stereocenters. The third kappa shape index (κ3) is 1.00. The lowest BCUT2D eigenvalue weighted by Gasteiger charge is -1.85. The lowest BCUT2D eigenvalue weighted by Crippen LogP contribution is -2.03. The Hall–Kier alpha value is -0.680. The third-order valence-electron chi connectivity index (χ3n) is 1.32. The Labute approximate surface area is 74.2 Å². The largest absolute Gasteiger partial charge is 0.312 e. The second-order valence-corrected chi connectivity index (χ2v) is 3.73. The molecule has 5 heteroatoms. The fourth-order valence-electron chi connectivity index (χ4n) is 0.833. The number of nitrogens with one attached hydrogen (secondary N) is 1. The monoisotopic (exact) mass is 230 g/mol. The van der Waals surface area contributed by atoms with E-state index in [1.54, 1.807) is 0 Å². The Morgan fingerprint density at radius 1 is 1.64 bits per heavy atom. The Balaban J connectivity index is 3.06. The Morgan fingerprint density at radius 2 is 2.45 bits per heavy atom. The summed E-state index contributed by atoms with van der Waals surface area (Å²) in [4.78, 5) is 17.6. The fourth-order valence-corrected chi connectivity index (χ4v) is 2.32. The number of H-pyrrole nitrogens is 1. The number of hydrogen-bond acceptors (Lipinski definition) is 3. The summed E-state index contributed by atoms with van der Waals surface area (Å²) in [7, 11) is 0. The predicted octanol–water partition coefficient (Wildman–Crippen LogP) is 1.75. The van der Waals surface area contributed by atoms with Crippen molar-refractivity contribution in [2.24, 2.45) is 0 Å². The third-order valence-corrected chi connectivity index (χ3v) is 3.19. The van der Waals surface area contributed by atoms with Crippen molar-refractivity contribution < 1.29 is 0 Å². The van der Waals surface area contributed by atoms with E-state index in [0.29, 0.717) is 4.70 Å². The lowest BCUT2D eigenvalue weighted by atomic mass is 10.5. The number of halogens is 1. The summed E-state index contributed by atoms with van der Waals surface area (Å²) in [6.45, 7) is 0. The van der Waals surface area contributed by atoms with Gasteiger partial charge in [-0.05, 0) is 15.9 Å². The molecule has 0 saturated carbocycles. The van der Waals surface area contributed by atoms with Gasteiger partial charge in [0.25, 0.3) is 5.56 Å². The molecule has 0 aliphatic carbocycles. The van der Waals surface area contributed by atoms with Gasteiger partial charge in [0, 0.05) is 5.38 Å². The molecular formula is C6H3BrN2OS. The first-order chi connectivity index (χ1) is 5.29. The maximum Gasteiger partial charge on any atom is 0.268 e. The molecule has 0 aliphatic rings. The Morgan fingerprint density at radius 3 is 3.18 bits per heavy atom. The van der Waals surface area contributed by atoms with Gasteiger partial charge < -0.3 is 4.98 Å². The van der Waals surface area contributed by atoms with E-state index < -0.39 is 0 Å². The highest BCUT2D eigenvalue weighted by molar-refractivity contribution is 9.10. The van der Waals surface area contributed by atoms with Gasteiger partial charge in [-0.1, -0.05) is 0 Å². The van der Waals surface area contributed by atoms with Crippen molar-refractivity contribution in [3.05, 3.63) is 26.5 Å². The van der Waals surface area contributed by atoms with E-state index in [2.05, 4.69) is 25.9 Å². The summed E-state index contributed by atoms with van der Waals surface area (Å²) in [5.41, 5.74) is 0.657. The maximum absolute atomic E-state index is 11.1. The van der Waals surface area contributed by atoms with Crippen molar-refractivity contribution in [2.75, 3.05) is 0 Å². The van der Waals surface area contributed by atoms with Crippen LogP contribution in [0, 0.1) is 0 Å². The van der Waals surface area contributed by atoms with Gasteiger partial charge in [-0.2, -0.15) is 0 Å². The van der Waals surface area contributed by atoms with Crippen LogP contribution in [0.1, 0.15) is 0 Å². The number of hydrogen-bond donors (Lipinski definition) is 1. The minimum Gasteiger partial charge on any atom is -0.312 e. The summed E-state index contributed by atoms with van der Waals surface area (Å²) >= 11 is 4.68. The minimum absolute atomic E-state index is 0.0781. The van der Waals surface area contributed by atoms with Crippen molar-refractivity contribution in [2.45, 2.75) is 0 Å². The summed E-state index contributed by atoms with van der Waals surface area (Å²) in [6, 6.07) is 0. The van der Waals surface area contributed by atoms with Crippen LogP contribution >= 0.6 is 27.3 Å². The molecule has 0 spiro atoms. The summed E-state index contributed by atoms with van der Waals surface area (Å²) in [5, 5.41) is 1.85. The van der Waals surface area contributed by atoms with Crippen molar-refractivity contribution in [3.63, 3.8) is 0 Å². The molecule has 0 fully saturated rings. The first-order valence-electron chi connectivity index (χ1n) is 2.89. The van der Waals surface area contributed by atoms with Crippen LogP contribution in [-0.4, -0.2) is 9.97 Å². The van der Waals surface area contributed by atoms with Crippen molar-refractivity contribution in [1.29, 1.82) is 0 Å². The van der Waals surface area contributed by atoms with E-state index in [-0.39, 0.29) is 5.56 Å². The maximum atomic E-state index is 11.1. The topological polar surface area (TPSA) is 45.8 Å². The normalized spacial score (nSPS) is 10.6. The highest BCUT2D eigenvalue weighted by Crippen LogP contribution is 2.24. The molecular weight excluding hydrogens is 228 g/mol. The molecule has 11 heavy (non-hydrogen) atoms. The molecule has 0 radical (unpaired) electrons. The van der Waals surface area contributed by atoms with Crippen LogP contribution in [0.2, 0.25) is 0 Å². The van der Waals surface area contributed by atoms with E-state index in [1.165, 1.54) is 17.7 Å². The summed E-state index contributed by atoms with van der Waals surface area (Å²) in [5.74, 6) is 0. The first-order valence-corrected chi connectivity index (χ1v) is 4.56. The van der Waals surface area contributed by atoms with E-state index in [0.717, 1.165) is 9.99 Å². The van der Waals surface area contributed by atoms with Crippen LogP contribution in [0.15, 0.2) is 21.0 Å². The number of thiophene rings is 1. The predicted molar refractivity (Wildman–Crippen MR) is 47.9 cm³/mol. The molecule has 56 valence electrons. The van der Waals surface area contributed by atoms with E-state index in [1.807, 2.05) is 5.38 Å². The average molecular weight is 231 g/mol. The van der Waals surface area contributed by atoms with Gasteiger partial charge in [0.05, 0.1) is 10.8 Å². The number of rotatable bonds is 0. The van der Waals surface area contributed by atoms with Gasteiger partial charge in [0.1, 0.15) is 10.2 Å². The Bertz CT molecular complexity index is 447. The SMILES string of the molecule is O=c1[nH]cnc2c(Br)csc12. The molecule has 1 N–H and O–H groups in total. The molecule has 2 aromatic rings. The second kappa shape index (κ2) is 2.42. The van der Waals surface area contributed by atoms with E-state index >= 15 is 0 Å². The van der Waals surface area contributed by atoms with Crippen molar-refractivity contribution in [3.8, 4) is 0 Å². The quantitative estimate of drug-likeness (QED) is 0.750. The molecule has 2 rings (SSSR count). The number of nitrogens with zero attached hydrogens (tertiary/aromatic N) is 1. The van der Waals surface area contributed by atoms with E-state index in [4.69, 9.17) is 0 Å². The molecule has 3 nitrogen and oxygen atoms in total. The van der Waals surface area contributed by atoms with Gasteiger partial charge >= 0.3 is 0 Å². The second-order valence-electron chi connectivity index (χ2n) is 1.99. The van der Waals surface area contributed by atoms with Crippen LogP contribution in [0.4, 0.5) is 0 Å². The standard InChI is InChI=1S/C6H3BrN2OS/c7-3-1-11-5-4(3)8-2-9-6(5)10/h1-2H,(H,8,9,10). The molecule has 0 amide bonds. The van der Waals surface area contributed by atoms with Crippen LogP contribution in [0.25, 0.3) is 10.2 Å². The zero-order valence-electron chi connectivity index (χ0n) is 5.30. The summed E-state index contributed by atoms with van der Waals surface area (Å²) < 4.78 is 1.54. The summed E-state index contributed by atoms with van der Waals surface area (Å²) in [6.07, 6.45) is 1.40. The molecule has 0 atom stereocenters. The minimum atomic E-state index is -0.0781. The van der Waals surface area contributed by atoms with Crippen LogP contribution < -0.4 is 5.56 Å². The highest BCUT2D eigenvalue weighted by atomic mass is 79.9. The van der Waals surface area contributed by atoms with Gasteiger partial charge in [0.2, 0.25) is 0 Å². The first kappa shape index (κ1) is 7.00. The number of aromatic amines is 1. The molecule has 0 bridgehead atoms. The molecule has 0 aromatic carbocycles. The average Bonchev–Trinajstić information content (AvgIpc) is 2.35. The van der Waals surface area contributed by atoms with Gasteiger partial charge in [-0.3, -0.25) is 4.79 Å². The van der Waals surface area contributed by atoms with Gasteiger partial charge in [0.15, 0.2) is 0 Å². The van der Waals surface area contributed by atoms with Gasteiger partial charge in [-0.15, -0.1) is 11.3 Å². The molecule has 2 aromatic heterocycles. The van der Waals surface area contributed by atoms with Crippen LogP contribution in [-0.2, 0) is 0 Å².